The molecule has 0 bridgehead atoms. The van der Waals surface area contributed by atoms with Crippen LogP contribution in [0.15, 0.2) is 46.0 Å². The highest BCUT2D eigenvalue weighted by Gasteiger charge is 2.24. The Morgan fingerprint density at radius 1 is 1.17 bits per heavy atom. The molecule has 128 valence electrons. The summed E-state index contributed by atoms with van der Waals surface area (Å²) >= 11 is 0. The Bertz CT molecular complexity index is 708. The normalized spacial score (nSPS) is 13.9. The second-order valence-electron chi connectivity index (χ2n) is 6.31. The minimum atomic E-state index is -0.0940. The standard InChI is InChI=1S/C18H23N3O3/c1-18(2,13-6-7-15-16(9-13)24-12-23-15)11-21-17(19-3)20-10-14-5-4-8-22-14/h4-9H,10-12H2,1-3H3,(H2,19,20,21). The molecule has 1 aliphatic heterocycles. The van der Waals surface area contributed by atoms with Crippen molar-refractivity contribution < 1.29 is 13.9 Å². The Kier molecular flexibility index (Phi) is 4.64. The summed E-state index contributed by atoms with van der Waals surface area (Å²) in [4.78, 5) is 4.25. The van der Waals surface area contributed by atoms with Gasteiger partial charge in [0, 0.05) is 19.0 Å². The second-order valence-corrected chi connectivity index (χ2v) is 6.31. The fourth-order valence-electron chi connectivity index (χ4n) is 2.53. The zero-order valence-electron chi connectivity index (χ0n) is 14.3. The average Bonchev–Trinajstić information content (AvgIpc) is 3.25. The molecule has 0 spiro atoms. The SMILES string of the molecule is CN=C(NCc1ccco1)NCC(C)(C)c1ccc2c(c1)OCO2. The highest BCUT2D eigenvalue weighted by Crippen LogP contribution is 2.36. The van der Waals surface area contributed by atoms with Crippen LogP contribution in [0.3, 0.4) is 0 Å². The largest absolute Gasteiger partial charge is 0.467 e. The lowest BCUT2D eigenvalue weighted by Crippen LogP contribution is -2.43. The van der Waals surface area contributed by atoms with Crippen molar-refractivity contribution >= 4 is 5.96 Å². The van der Waals surface area contributed by atoms with Gasteiger partial charge in [-0.2, -0.15) is 0 Å². The lowest BCUT2D eigenvalue weighted by Gasteiger charge is -2.27. The number of fused-ring (bicyclic) bond motifs is 1. The summed E-state index contributed by atoms with van der Waals surface area (Å²) in [6.07, 6.45) is 1.66. The molecule has 24 heavy (non-hydrogen) atoms. The molecule has 0 atom stereocenters. The topological polar surface area (TPSA) is 68.0 Å². The first-order valence-electron chi connectivity index (χ1n) is 7.95. The Labute approximate surface area is 141 Å². The van der Waals surface area contributed by atoms with E-state index in [-0.39, 0.29) is 5.41 Å². The number of rotatable bonds is 5. The van der Waals surface area contributed by atoms with E-state index < -0.39 is 0 Å². The summed E-state index contributed by atoms with van der Waals surface area (Å²) in [6.45, 7) is 5.97. The predicted molar refractivity (Wildman–Crippen MR) is 92.5 cm³/mol. The second kappa shape index (κ2) is 6.86. The van der Waals surface area contributed by atoms with Gasteiger partial charge in [-0.15, -0.1) is 0 Å². The van der Waals surface area contributed by atoms with E-state index in [1.54, 1.807) is 13.3 Å². The molecule has 0 saturated heterocycles. The first kappa shape index (κ1) is 16.2. The summed E-state index contributed by atoms with van der Waals surface area (Å²) < 4.78 is 16.2. The third-order valence-electron chi connectivity index (χ3n) is 4.09. The molecule has 1 aromatic carbocycles. The first-order chi connectivity index (χ1) is 11.6. The van der Waals surface area contributed by atoms with Gasteiger partial charge in [0.25, 0.3) is 0 Å². The third kappa shape index (κ3) is 3.64. The van der Waals surface area contributed by atoms with Crippen molar-refractivity contribution in [1.29, 1.82) is 0 Å². The highest BCUT2D eigenvalue weighted by atomic mass is 16.7. The van der Waals surface area contributed by atoms with Crippen LogP contribution >= 0.6 is 0 Å². The van der Waals surface area contributed by atoms with Gasteiger partial charge in [0.2, 0.25) is 6.79 Å². The smallest absolute Gasteiger partial charge is 0.231 e. The molecule has 2 aromatic rings. The zero-order chi connectivity index (χ0) is 17.0. The number of hydrogen-bond donors (Lipinski definition) is 2. The number of nitrogens with zero attached hydrogens (tertiary/aromatic N) is 1. The van der Waals surface area contributed by atoms with Crippen molar-refractivity contribution in [3.05, 3.63) is 47.9 Å². The number of benzene rings is 1. The monoisotopic (exact) mass is 329 g/mol. The molecular weight excluding hydrogens is 306 g/mol. The quantitative estimate of drug-likeness (QED) is 0.652. The molecule has 0 fully saturated rings. The minimum Gasteiger partial charge on any atom is -0.467 e. The molecule has 0 amide bonds. The summed E-state index contributed by atoms with van der Waals surface area (Å²) in [7, 11) is 1.76. The van der Waals surface area contributed by atoms with Gasteiger partial charge >= 0.3 is 0 Å². The Morgan fingerprint density at radius 3 is 2.75 bits per heavy atom. The molecule has 2 N–H and O–H groups in total. The van der Waals surface area contributed by atoms with E-state index in [1.807, 2.05) is 24.3 Å². The number of guanidine groups is 1. The van der Waals surface area contributed by atoms with E-state index in [1.165, 1.54) is 5.56 Å². The predicted octanol–water partition coefficient (Wildman–Crippen LogP) is 2.65. The molecule has 1 aromatic heterocycles. The van der Waals surface area contributed by atoms with Gasteiger partial charge in [0.05, 0.1) is 12.8 Å². The lowest BCUT2D eigenvalue weighted by atomic mass is 9.84. The van der Waals surface area contributed by atoms with Crippen LogP contribution in [-0.4, -0.2) is 26.3 Å². The zero-order valence-corrected chi connectivity index (χ0v) is 14.3. The highest BCUT2D eigenvalue weighted by molar-refractivity contribution is 5.79. The van der Waals surface area contributed by atoms with Crippen molar-refractivity contribution in [2.45, 2.75) is 25.8 Å². The van der Waals surface area contributed by atoms with E-state index >= 15 is 0 Å². The van der Waals surface area contributed by atoms with Crippen molar-refractivity contribution in [2.24, 2.45) is 4.99 Å². The maximum atomic E-state index is 5.47. The third-order valence-corrected chi connectivity index (χ3v) is 4.09. The molecule has 2 heterocycles. The van der Waals surface area contributed by atoms with Gasteiger partial charge < -0.3 is 24.5 Å². The minimum absolute atomic E-state index is 0.0940. The van der Waals surface area contributed by atoms with Crippen molar-refractivity contribution in [3.63, 3.8) is 0 Å². The van der Waals surface area contributed by atoms with Gasteiger partial charge in [0.1, 0.15) is 5.76 Å². The van der Waals surface area contributed by atoms with Crippen molar-refractivity contribution in [2.75, 3.05) is 20.4 Å². The van der Waals surface area contributed by atoms with Gasteiger partial charge in [0.15, 0.2) is 17.5 Å². The van der Waals surface area contributed by atoms with Gasteiger partial charge in [-0.25, -0.2) is 0 Å². The number of hydrogen-bond acceptors (Lipinski definition) is 4. The summed E-state index contributed by atoms with van der Waals surface area (Å²) in [5.74, 6) is 3.22. The Hall–Kier alpha value is -2.63. The van der Waals surface area contributed by atoms with Crippen LogP contribution < -0.4 is 20.1 Å². The molecule has 0 radical (unpaired) electrons. The van der Waals surface area contributed by atoms with Crippen molar-refractivity contribution in [3.8, 4) is 11.5 Å². The molecule has 3 rings (SSSR count). The van der Waals surface area contributed by atoms with E-state index in [0.29, 0.717) is 13.3 Å². The van der Waals surface area contributed by atoms with E-state index in [4.69, 9.17) is 13.9 Å². The number of ether oxygens (including phenoxy) is 2. The maximum Gasteiger partial charge on any atom is 0.231 e. The van der Waals surface area contributed by atoms with Gasteiger partial charge in [-0.1, -0.05) is 19.9 Å². The van der Waals surface area contributed by atoms with Crippen LogP contribution in [0.5, 0.6) is 11.5 Å². The van der Waals surface area contributed by atoms with E-state index in [2.05, 4.69) is 35.5 Å². The number of nitrogens with one attached hydrogen (secondary N) is 2. The molecule has 6 heteroatoms. The Balaban J connectivity index is 1.59. The average molecular weight is 329 g/mol. The molecule has 1 aliphatic rings. The number of aliphatic imine (C=N–C) groups is 1. The first-order valence-corrected chi connectivity index (χ1v) is 7.95. The van der Waals surface area contributed by atoms with Crippen LogP contribution in [0.25, 0.3) is 0 Å². The van der Waals surface area contributed by atoms with Crippen LogP contribution in [0, 0.1) is 0 Å². The fourth-order valence-corrected chi connectivity index (χ4v) is 2.53. The van der Waals surface area contributed by atoms with E-state index in [0.717, 1.165) is 29.8 Å². The van der Waals surface area contributed by atoms with E-state index in [9.17, 15) is 0 Å². The van der Waals surface area contributed by atoms with Gasteiger partial charge in [-0.3, -0.25) is 4.99 Å². The molecule has 0 saturated carbocycles. The van der Waals surface area contributed by atoms with Crippen LogP contribution in [0.2, 0.25) is 0 Å². The lowest BCUT2D eigenvalue weighted by molar-refractivity contribution is 0.174. The maximum absolute atomic E-state index is 5.47. The van der Waals surface area contributed by atoms with Crippen LogP contribution in [0.4, 0.5) is 0 Å². The molecular formula is C18H23N3O3. The molecule has 6 nitrogen and oxygen atoms in total. The summed E-state index contributed by atoms with van der Waals surface area (Å²) in [6, 6.07) is 9.88. The van der Waals surface area contributed by atoms with Crippen LogP contribution in [-0.2, 0) is 12.0 Å². The summed E-state index contributed by atoms with van der Waals surface area (Å²) in [5.41, 5.74) is 1.09. The fraction of sp³-hybridized carbons (Fsp3) is 0.389. The van der Waals surface area contributed by atoms with Gasteiger partial charge in [-0.05, 0) is 29.8 Å². The number of furan rings is 1. The van der Waals surface area contributed by atoms with Crippen molar-refractivity contribution in [1.82, 2.24) is 10.6 Å². The molecule has 0 aliphatic carbocycles. The molecule has 0 unspecified atom stereocenters. The Morgan fingerprint density at radius 2 is 2.00 bits per heavy atom. The summed E-state index contributed by atoms with van der Waals surface area (Å²) in [5, 5.41) is 6.60. The van der Waals surface area contributed by atoms with Crippen LogP contribution in [0.1, 0.15) is 25.2 Å².